The van der Waals surface area contributed by atoms with E-state index in [1.54, 1.807) is 5.57 Å². The molecule has 0 spiro atoms. The van der Waals surface area contributed by atoms with E-state index in [0.717, 1.165) is 11.8 Å². The maximum atomic E-state index is 3.92. The third-order valence-corrected chi connectivity index (χ3v) is 2.93. The number of hydrogen-bond donors (Lipinski definition) is 0. The Bertz CT molecular complexity index is 196. The molecule has 2 aliphatic rings. The third kappa shape index (κ3) is 1.26. The summed E-state index contributed by atoms with van der Waals surface area (Å²) in [6.07, 6.45) is 8.11. The van der Waals surface area contributed by atoms with Gasteiger partial charge in [-0.1, -0.05) is 36.6 Å². The Morgan fingerprint density at radius 3 is 2.36 bits per heavy atom. The largest absolute Gasteiger partial charge is 0.0961 e. The molecule has 0 aliphatic heterocycles. The fourth-order valence-corrected chi connectivity index (χ4v) is 2.37. The van der Waals surface area contributed by atoms with E-state index in [-0.39, 0.29) is 0 Å². The fourth-order valence-electron chi connectivity index (χ4n) is 2.37. The van der Waals surface area contributed by atoms with E-state index in [1.807, 2.05) is 0 Å². The van der Waals surface area contributed by atoms with Crippen LogP contribution in [0.15, 0.2) is 23.8 Å². The molecule has 0 aromatic rings. The number of allylic oxidation sites excluding steroid dienone is 3. The van der Waals surface area contributed by atoms with Gasteiger partial charge in [0.1, 0.15) is 0 Å². The van der Waals surface area contributed by atoms with Gasteiger partial charge in [-0.3, -0.25) is 0 Å². The van der Waals surface area contributed by atoms with Gasteiger partial charge in [0.05, 0.1) is 0 Å². The molecule has 11 heavy (non-hydrogen) atoms. The van der Waals surface area contributed by atoms with Crippen molar-refractivity contribution in [3.05, 3.63) is 23.8 Å². The molecule has 0 aromatic heterocycles. The second-order valence-electron chi connectivity index (χ2n) is 3.99. The molecule has 0 amide bonds. The fraction of sp³-hybridized carbons (Fsp3) is 0.636. The number of fused-ring (bicyclic) bond motifs is 1. The SMILES string of the molecule is C=C(C)C=C1C2CCCCC12. The van der Waals surface area contributed by atoms with Crippen molar-refractivity contribution in [1.29, 1.82) is 0 Å². The molecule has 0 bridgehead atoms. The average molecular weight is 148 g/mol. The van der Waals surface area contributed by atoms with E-state index in [1.165, 1.54) is 31.3 Å². The van der Waals surface area contributed by atoms with Crippen molar-refractivity contribution in [2.24, 2.45) is 11.8 Å². The van der Waals surface area contributed by atoms with E-state index < -0.39 is 0 Å². The van der Waals surface area contributed by atoms with Crippen LogP contribution in [0, 0.1) is 11.8 Å². The molecule has 0 radical (unpaired) electrons. The second kappa shape index (κ2) is 2.51. The Morgan fingerprint density at radius 2 is 1.91 bits per heavy atom. The summed E-state index contributed by atoms with van der Waals surface area (Å²) < 4.78 is 0. The molecule has 0 nitrogen and oxygen atoms in total. The van der Waals surface area contributed by atoms with E-state index in [2.05, 4.69) is 19.6 Å². The summed E-state index contributed by atoms with van der Waals surface area (Å²) >= 11 is 0. The molecule has 0 saturated heterocycles. The van der Waals surface area contributed by atoms with Gasteiger partial charge in [-0.2, -0.15) is 0 Å². The molecule has 2 atom stereocenters. The highest BCUT2D eigenvalue weighted by Crippen LogP contribution is 2.55. The number of rotatable bonds is 1. The Labute approximate surface area is 69.0 Å². The van der Waals surface area contributed by atoms with Crippen LogP contribution in [0.5, 0.6) is 0 Å². The first-order valence-electron chi connectivity index (χ1n) is 4.66. The Hall–Kier alpha value is -0.520. The smallest absolute Gasteiger partial charge is 0.0131 e. The van der Waals surface area contributed by atoms with Crippen LogP contribution < -0.4 is 0 Å². The van der Waals surface area contributed by atoms with Crippen LogP contribution in [0.1, 0.15) is 32.6 Å². The summed E-state index contributed by atoms with van der Waals surface area (Å²) in [7, 11) is 0. The summed E-state index contributed by atoms with van der Waals surface area (Å²) in [5.41, 5.74) is 2.93. The van der Waals surface area contributed by atoms with Crippen molar-refractivity contribution in [2.75, 3.05) is 0 Å². The van der Waals surface area contributed by atoms with Crippen LogP contribution in [0.3, 0.4) is 0 Å². The van der Waals surface area contributed by atoms with Gasteiger partial charge in [-0.05, 0) is 31.6 Å². The Kier molecular flexibility index (Phi) is 1.63. The molecule has 0 heterocycles. The first-order valence-corrected chi connectivity index (χ1v) is 4.66. The zero-order chi connectivity index (χ0) is 7.84. The van der Waals surface area contributed by atoms with Gasteiger partial charge in [0, 0.05) is 0 Å². The van der Waals surface area contributed by atoms with Crippen molar-refractivity contribution in [1.82, 2.24) is 0 Å². The van der Waals surface area contributed by atoms with Crippen molar-refractivity contribution in [3.63, 3.8) is 0 Å². The summed E-state index contributed by atoms with van der Waals surface area (Å²) in [5.74, 6) is 1.95. The van der Waals surface area contributed by atoms with Crippen LogP contribution in [-0.2, 0) is 0 Å². The standard InChI is InChI=1S/C11H16/c1-8(2)7-11-9-5-3-4-6-10(9)11/h7,9-10H,1,3-6H2,2H3. The minimum Gasteiger partial charge on any atom is -0.0961 e. The average Bonchev–Trinajstić information content (AvgIpc) is 2.64. The lowest BCUT2D eigenvalue weighted by molar-refractivity contribution is 0.480. The molecule has 0 N–H and O–H groups in total. The second-order valence-corrected chi connectivity index (χ2v) is 3.99. The molecule has 2 aliphatic carbocycles. The third-order valence-electron chi connectivity index (χ3n) is 2.93. The van der Waals surface area contributed by atoms with Gasteiger partial charge < -0.3 is 0 Å². The molecule has 2 rings (SSSR count). The lowest BCUT2D eigenvalue weighted by Gasteiger charge is -2.04. The maximum absolute atomic E-state index is 3.92. The molecule has 2 fully saturated rings. The maximum Gasteiger partial charge on any atom is -0.0131 e. The first-order chi connectivity index (χ1) is 5.29. The molecule has 60 valence electrons. The molecule has 0 aromatic carbocycles. The van der Waals surface area contributed by atoms with E-state index in [4.69, 9.17) is 0 Å². The monoisotopic (exact) mass is 148 g/mol. The molecule has 2 saturated carbocycles. The minimum absolute atomic E-state index is 0.973. The van der Waals surface area contributed by atoms with Crippen LogP contribution in [0.2, 0.25) is 0 Å². The van der Waals surface area contributed by atoms with Crippen LogP contribution >= 0.6 is 0 Å². The topological polar surface area (TPSA) is 0 Å². The molecular formula is C11H16. The van der Waals surface area contributed by atoms with Gasteiger partial charge in [-0.25, -0.2) is 0 Å². The summed E-state index contributed by atoms with van der Waals surface area (Å²) in [6, 6.07) is 0. The lowest BCUT2D eigenvalue weighted by Crippen LogP contribution is -1.91. The van der Waals surface area contributed by atoms with Crippen molar-refractivity contribution >= 4 is 0 Å². The quantitative estimate of drug-likeness (QED) is 0.535. The zero-order valence-corrected chi connectivity index (χ0v) is 7.27. The van der Waals surface area contributed by atoms with Gasteiger partial charge in [0.2, 0.25) is 0 Å². The summed E-state index contributed by atoms with van der Waals surface area (Å²) in [4.78, 5) is 0. The number of hydrogen-bond acceptors (Lipinski definition) is 0. The predicted octanol–water partition coefficient (Wildman–Crippen LogP) is 3.31. The van der Waals surface area contributed by atoms with E-state index in [0.29, 0.717) is 0 Å². The first kappa shape index (κ1) is 7.15. The van der Waals surface area contributed by atoms with Crippen molar-refractivity contribution < 1.29 is 0 Å². The van der Waals surface area contributed by atoms with E-state index in [9.17, 15) is 0 Å². The molecular weight excluding hydrogens is 132 g/mol. The van der Waals surface area contributed by atoms with Crippen LogP contribution in [-0.4, -0.2) is 0 Å². The highest BCUT2D eigenvalue weighted by molar-refractivity contribution is 5.36. The van der Waals surface area contributed by atoms with Crippen molar-refractivity contribution in [3.8, 4) is 0 Å². The highest BCUT2D eigenvalue weighted by Gasteiger charge is 2.44. The summed E-state index contributed by atoms with van der Waals surface area (Å²) in [5, 5.41) is 0. The lowest BCUT2D eigenvalue weighted by atomic mass is 10.0. The normalized spacial score (nSPS) is 34.5. The molecule has 2 unspecified atom stereocenters. The summed E-state index contributed by atoms with van der Waals surface area (Å²) in [6.45, 7) is 6.01. The van der Waals surface area contributed by atoms with Crippen LogP contribution in [0.25, 0.3) is 0 Å². The van der Waals surface area contributed by atoms with Gasteiger partial charge >= 0.3 is 0 Å². The minimum atomic E-state index is 0.973. The van der Waals surface area contributed by atoms with Gasteiger partial charge in [0.15, 0.2) is 0 Å². The zero-order valence-electron chi connectivity index (χ0n) is 7.27. The van der Waals surface area contributed by atoms with E-state index >= 15 is 0 Å². The highest BCUT2D eigenvalue weighted by atomic mass is 14.5. The van der Waals surface area contributed by atoms with Gasteiger partial charge in [-0.15, -0.1) is 0 Å². The van der Waals surface area contributed by atoms with Crippen molar-refractivity contribution in [2.45, 2.75) is 32.6 Å². The Balaban J connectivity index is 2.05. The molecule has 0 heteroatoms. The van der Waals surface area contributed by atoms with Crippen LogP contribution in [0.4, 0.5) is 0 Å². The Morgan fingerprint density at radius 1 is 1.36 bits per heavy atom. The predicted molar refractivity (Wildman–Crippen MR) is 48.3 cm³/mol. The van der Waals surface area contributed by atoms with Gasteiger partial charge in [0.25, 0.3) is 0 Å².